The first-order chi connectivity index (χ1) is 6.72. The number of rotatable bonds is 7. The van der Waals surface area contributed by atoms with Crippen LogP contribution in [0.4, 0.5) is 0 Å². The topological polar surface area (TPSA) is 46.2 Å². The molecule has 0 spiro atoms. The van der Waals surface area contributed by atoms with Crippen LogP contribution in [-0.4, -0.2) is 33.0 Å². The van der Waals surface area contributed by atoms with E-state index in [0.29, 0.717) is 23.6 Å². The quantitative estimate of drug-likeness (QED) is 0.730. The number of sulfone groups is 1. The van der Waals surface area contributed by atoms with Gasteiger partial charge in [0.25, 0.3) is 0 Å². The summed E-state index contributed by atoms with van der Waals surface area (Å²) in [5.74, 6) is 1.27. The van der Waals surface area contributed by atoms with Crippen LogP contribution in [0.1, 0.15) is 34.1 Å². The maximum atomic E-state index is 11.1. The van der Waals surface area contributed by atoms with Gasteiger partial charge in [-0.1, -0.05) is 27.7 Å². The normalized spacial score (nSPS) is 14.9. The van der Waals surface area contributed by atoms with Gasteiger partial charge in [0.1, 0.15) is 9.84 Å². The van der Waals surface area contributed by atoms with Crippen LogP contribution >= 0.6 is 0 Å². The van der Waals surface area contributed by atoms with E-state index in [1.807, 2.05) is 0 Å². The number of nitrogens with one attached hydrogen (secondary N) is 1. The second kappa shape index (κ2) is 6.48. The molecule has 0 radical (unpaired) electrons. The first-order valence-corrected chi connectivity index (χ1v) is 7.69. The van der Waals surface area contributed by atoms with Gasteiger partial charge in [0.05, 0.1) is 5.75 Å². The van der Waals surface area contributed by atoms with E-state index in [1.165, 1.54) is 6.26 Å². The SMILES string of the molecule is CC(C)NCC(CCS(C)(=O)=O)C(C)C. The molecule has 1 unspecified atom stereocenters. The Bertz CT molecular complexity index is 258. The van der Waals surface area contributed by atoms with Crippen LogP contribution < -0.4 is 5.32 Å². The van der Waals surface area contributed by atoms with Crippen LogP contribution in [0.5, 0.6) is 0 Å². The molecule has 0 aliphatic heterocycles. The summed E-state index contributed by atoms with van der Waals surface area (Å²) in [5, 5.41) is 3.37. The number of hydrogen-bond donors (Lipinski definition) is 1. The number of hydrogen-bond acceptors (Lipinski definition) is 3. The Morgan fingerprint density at radius 1 is 1.13 bits per heavy atom. The molecule has 0 heterocycles. The van der Waals surface area contributed by atoms with Gasteiger partial charge in [0.2, 0.25) is 0 Å². The average Bonchev–Trinajstić information content (AvgIpc) is 2.00. The Morgan fingerprint density at radius 2 is 1.67 bits per heavy atom. The third-order valence-corrected chi connectivity index (χ3v) is 3.57. The molecule has 15 heavy (non-hydrogen) atoms. The zero-order chi connectivity index (χ0) is 12.1. The molecule has 92 valence electrons. The van der Waals surface area contributed by atoms with Crippen molar-refractivity contribution < 1.29 is 8.42 Å². The van der Waals surface area contributed by atoms with E-state index in [4.69, 9.17) is 0 Å². The highest BCUT2D eigenvalue weighted by Gasteiger charge is 2.15. The lowest BCUT2D eigenvalue weighted by Crippen LogP contribution is -2.32. The molecular formula is C11H25NO2S. The third-order valence-electron chi connectivity index (χ3n) is 2.59. The lowest BCUT2D eigenvalue weighted by molar-refractivity contribution is 0.342. The van der Waals surface area contributed by atoms with Crippen LogP contribution in [0, 0.1) is 11.8 Å². The van der Waals surface area contributed by atoms with E-state index in [-0.39, 0.29) is 0 Å². The molecular weight excluding hydrogens is 210 g/mol. The first-order valence-electron chi connectivity index (χ1n) is 5.63. The molecule has 1 atom stereocenters. The fourth-order valence-corrected chi connectivity index (χ4v) is 2.15. The van der Waals surface area contributed by atoms with Crippen molar-refractivity contribution >= 4 is 9.84 Å². The van der Waals surface area contributed by atoms with Crippen molar-refractivity contribution in [2.45, 2.75) is 40.2 Å². The molecule has 3 nitrogen and oxygen atoms in total. The highest BCUT2D eigenvalue weighted by molar-refractivity contribution is 7.90. The zero-order valence-corrected chi connectivity index (χ0v) is 11.4. The first kappa shape index (κ1) is 14.9. The van der Waals surface area contributed by atoms with Crippen molar-refractivity contribution in [1.29, 1.82) is 0 Å². The molecule has 1 N–H and O–H groups in total. The van der Waals surface area contributed by atoms with Gasteiger partial charge in [-0.25, -0.2) is 8.42 Å². The van der Waals surface area contributed by atoms with Crippen molar-refractivity contribution in [3.05, 3.63) is 0 Å². The lowest BCUT2D eigenvalue weighted by Gasteiger charge is -2.22. The summed E-state index contributed by atoms with van der Waals surface area (Å²) in [6, 6.07) is 0.462. The predicted octanol–water partition coefficient (Wildman–Crippen LogP) is 1.69. The smallest absolute Gasteiger partial charge is 0.147 e. The highest BCUT2D eigenvalue weighted by atomic mass is 32.2. The third kappa shape index (κ3) is 8.88. The Kier molecular flexibility index (Phi) is 6.44. The van der Waals surface area contributed by atoms with E-state index >= 15 is 0 Å². The van der Waals surface area contributed by atoms with Gasteiger partial charge >= 0.3 is 0 Å². The largest absolute Gasteiger partial charge is 0.314 e. The van der Waals surface area contributed by atoms with Crippen LogP contribution in [0.2, 0.25) is 0 Å². The molecule has 0 bridgehead atoms. The monoisotopic (exact) mass is 235 g/mol. The van der Waals surface area contributed by atoms with Gasteiger partial charge in [0.15, 0.2) is 0 Å². The summed E-state index contributed by atoms with van der Waals surface area (Å²) in [5.41, 5.74) is 0. The summed E-state index contributed by atoms with van der Waals surface area (Å²) in [6.07, 6.45) is 2.07. The molecule has 0 aliphatic carbocycles. The van der Waals surface area contributed by atoms with Crippen molar-refractivity contribution in [1.82, 2.24) is 5.32 Å². The van der Waals surface area contributed by atoms with Gasteiger partial charge in [0, 0.05) is 12.3 Å². The molecule has 0 amide bonds. The predicted molar refractivity (Wildman–Crippen MR) is 65.8 cm³/mol. The minimum atomic E-state index is -2.82. The van der Waals surface area contributed by atoms with E-state index in [2.05, 4.69) is 33.0 Å². The summed E-state index contributed by atoms with van der Waals surface area (Å²) in [7, 11) is -2.82. The Hall–Kier alpha value is -0.0900. The van der Waals surface area contributed by atoms with E-state index in [0.717, 1.165) is 13.0 Å². The minimum Gasteiger partial charge on any atom is -0.314 e. The van der Waals surface area contributed by atoms with Crippen LogP contribution in [0.25, 0.3) is 0 Å². The van der Waals surface area contributed by atoms with Crippen molar-refractivity contribution in [3.8, 4) is 0 Å². The standard InChI is InChI=1S/C11H25NO2S/c1-9(2)11(8-12-10(3)4)6-7-15(5,13)14/h9-12H,6-8H2,1-5H3. The maximum absolute atomic E-state index is 11.1. The lowest BCUT2D eigenvalue weighted by atomic mass is 9.93. The maximum Gasteiger partial charge on any atom is 0.147 e. The van der Waals surface area contributed by atoms with Gasteiger partial charge in [-0.2, -0.15) is 0 Å². The minimum absolute atomic E-state index is 0.301. The molecule has 0 rings (SSSR count). The van der Waals surface area contributed by atoms with E-state index in [1.54, 1.807) is 0 Å². The van der Waals surface area contributed by atoms with Gasteiger partial charge in [-0.05, 0) is 24.8 Å². The van der Waals surface area contributed by atoms with Gasteiger partial charge in [-0.3, -0.25) is 0 Å². The summed E-state index contributed by atoms with van der Waals surface area (Å²) < 4.78 is 22.2. The second-order valence-corrected chi connectivity index (χ2v) is 7.25. The molecule has 0 saturated heterocycles. The summed E-state index contributed by atoms with van der Waals surface area (Å²) >= 11 is 0. The molecule has 0 aromatic heterocycles. The molecule has 0 aromatic rings. The second-order valence-electron chi connectivity index (χ2n) is 4.99. The van der Waals surface area contributed by atoms with Crippen LogP contribution in [0.15, 0.2) is 0 Å². The van der Waals surface area contributed by atoms with E-state index in [9.17, 15) is 8.42 Å². The Balaban J connectivity index is 4.06. The van der Waals surface area contributed by atoms with Crippen molar-refractivity contribution in [2.24, 2.45) is 11.8 Å². The van der Waals surface area contributed by atoms with E-state index < -0.39 is 9.84 Å². The van der Waals surface area contributed by atoms with Gasteiger partial charge < -0.3 is 5.32 Å². The van der Waals surface area contributed by atoms with Gasteiger partial charge in [-0.15, -0.1) is 0 Å². The Labute approximate surface area is 94.6 Å². The highest BCUT2D eigenvalue weighted by Crippen LogP contribution is 2.15. The molecule has 4 heteroatoms. The van der Waals surface area contributed by atoms with Crippen molar-refractivity contribution in [2.75, 3.05) is 18.6 Å². The molecule has 0 fully saturated rings. The Morgan fingerprint density at radius 3 is 2.00 bits per heavy atom. The van der Waals surface area contributed by atoms with Crippen molar-refractivity contribution in [3.63, 3.8) is 0 Å². The average molecular weight is 235 g/mol. The van der Waals surface area contributed by atoms with Crippen LogP contribution in [0.3, 0.4) is 0 Å². The molecule has 0 saturated carbocycles. The zero-order valence-electron chi connectivity index (χ0n) is 10.6. The fourth-order valence-electron chi connectivity index (χ4n) is 1.42. The summed E-state index contributed by atoms with van der Waals surface area (Å²) in [6.45, 7) is 9.41. The summed E-state index contributed by atoms with van der Waals surface area (Å²) in [4.78, 5) is 0. The van der Waals surface area contributed by atoms with Crippen LogP contribution in [-0.2, 0) is 9.84 Å². The molecule has 0 aliphatic rings. The fraction of sp³-hybridized carbons (Fsp3) is 1.00. The molecule has 0 aromatic carbocycles.